The van der Waals surface area contributed by atoms with Gasteiger partial charge in [-0.25, -0.2) is 9.59 Å². The smallest absolute Gasteiger partial charge is 0.338 e. The van der Waals surface area contributed by atoms with Gasteiger partial charge < -0.3 is 15.5 Å². The van der Waals surface area contributed by atoms with Crippen LogP contribution in [0.4, 0.5) is 0 Å². The topological polar surface area (TPSA) is 107 Å². The monoisotopic (exact) mass is 289 g/mol. The molecule has 0 spiro atoms. The third-order valence-corrected chi connectivity index (χ3v) is 3.01. The molecule has 1 unspecified atom stereocenters. The molecular formula is C14H15N3O4. The van der Waals surface area contributed by atoms with Crippen LogP contribution in [0.25, 0.3) is 5.69 Å². The third-order valence-electron chi connectivity index (χ3n) is 3.01. The van der Waals surface area contributed by atoms with Crippen molar-refractivity contribution in [2.45, 2.75) is 20.0 Å². The van der Waals surface area contributed by atoms with E-state index in [0.29, 0.717) is 5.69 Å². The van der Waals surface area contributed by atoms with E-state index in [-0.39, 0.29) is 11.3 Å². The number of primary amides is 1. The van der Waals surface area contributed by atoms with Crippen LogP contribution in [0.15, 0.2) is 35.3 Å². The molecule has 0 aliphatic heterocycles. The zero-order chi connectivity index (χ0) is 15.6. The normalized spacial score (nSPS) is 11.9. The van der Waals surface area contributed by atoms with Gasteiger partial charge in [0.1, 0.15) is 0 Å². The number of nitrogens with two attached hydrogens (primary N) is 1. The molecule has 0 aliphatic rings. The second-order valence-electron chi connectivity index (χ2n) is 4.57. The van der Waals surface area contributed by atoms with Crippen molar-refractivity contribution in [1.29, 1.82) is 0 Å². The molecule has 1 aromatic heterocycles. The summed E-state index contributed by atoms with van der Waals surface area (Å²) in [6, 6.07) is 6.27. The number of carbonyl (C=O) groups is 2. The molecule has 0 saturated carbocycles. The number of hydrogen-bond donors (Lipinski definition) is 2. The van der Waals surface area contributed by atoms with Crippen LogP contribution in [0.5, 0.6) is 0 Å². The summed E-state index contributed by atoms with van der Waals surface area (Å²) in [5, 5.41) is 0. The van der Waals surface area contributed by atoms with Crippen LogP contribution < -0.4 is 11.4 Å². The van der Waals surface area contributed by atoms with Crippen LogP contribution in [-0.2, 0) is 9.53 Å². The minimum absolute atomic E-state index is 0.259. The predicted octanol–water partition coefficient (Wildman–Crippen LogP) is 0.505. The number of aromatic nitrogens is 2. The van der Waals surface area contributed by atoms with Gasteiger partial charge in [0.2, 0.25) is 0 Å². The van der Waals surface area contributed by atoms with Crippen molar-refractivity contribution in [3.8, 4) is 5.69 Å². The summed E-state index contributed by atoms with van der Waals surface area (Å²) >= 11 is 0. The molecule has 2 aromatic rings. The maximum atomic E-state index is 11.8. The minimum Gasteiger partial charge on any atom is -0.449 e. The number of imidazole rings is 1. The molecule has 0 saturated heterocycles. The summed E-state index contributed by atoms with van der Waals surface area (Å²) in [6.07, 6.45) is 0.602. The lowest BCUT2D eigenvalue weighted by atomic mass is 10.2. The van der Waals surface area contributed by atoms with E-state index in [4.69, 9.17) is 10.5 Å². The van der Waals surface area contributed by atoms with Gasteiger partial charge in [-0.3, -0.25) is 9.36 Å². The number of amides is 1. The first-order chi connectivity index (χ1) is 9.90. The summed E-state index contributed by atoms with van der Waals surface area (Å²) in [5.74, 6) is -1.36. The molecule has 21 heavy (non-hydrogen) atoms. The lowest BCUT2D eigenvalue weighted by Gasteiger charge is -2.10. The van der Waals surface area contributed by atoms with Gasteiger partial charge in [-0.2, -0.15) is 0 Å². The Morgan fingerprint density at radius 3 is 2.38 bits per heavy atom. The van der Waals surface area contributed by atoms with Crippen molar-refractivity contribution < 1.29 is 14.3 Å². The Morgan fingerprint density at radius 1 is 1.29 bits per heavy atom. The first-order valence-electron chi connectivity index (χ1n) is 6.28. The Labute approximate surface area is 120 Å². The van der Waals surface area contributed by atoms with E-state index in [0.717, 1.165) is 5.69 Å². The van der Waals surface area contributed by atoms with Crippen molar-refractivity contribution in [3.63, 3.8) is 0 Å². The highest BCUT2D eigenvalue weighted by atomic mass is 16.5. The van der Waals surface area contributed by atoms with Gasteiger partial charge in [-0.15, -0.1) is 0 Å². The molecule has 1 heterocycles. The van der Waals surface area contributed by atoms with Gasteiger partial charge in [0.15, 0.2) is 6.10 Å². The number of benzene rings is 1. The number of aryl methyl sites for hydroxylation is 1. The maximum Gasteiger partial charge on any atom is 0.338 e. The van der Waals surface area contributed by atoms with Crippen molar-refractivity contribution in [1.82, 2.24) is 9.55 Å². The van der Waals surface area contributed by atoms with Crippen LogP contribution in [0, 0.1) is 6.92 Å². The molecular weight excluding hydrogens is 274 g/mol. The number of ether oxygens (including phenoxy) is 1. The number of carbonyl (C=O) groups excluding carboxylic acids is 2. The Bertz CT molecular complexity index is 727. The highest BCUT2D eigenvalue weighted by Gasteiger charge is 2.16. The molecule has 0 fully saturated rings. The predicted molar refractivity (Wildman–Crippen MR) is 75.2 cm³/mol. The van der Waals surface area contributed by atoms with Gasteiger partial charge in [-0.05, 0) is 38.1 Å². The van der Waals surface area contributed by atoms with E-state index >= 15 is 0 Å². The van der Waals surface area contributed by atoms with Gasteiger partial charge in [0, 0.05) is 11.9 Å². The first-order valence-corrected chi connectivity index (χ1v) is 6.28. The quantitative estimate of drug-likeness (QED) is 0.799. The van der Waals surface area contributed by atoms with Crippen LogP contribution in [-0.4, -0.2) is 27.5 Å². The van der Waals surface area contributed by atoms with Crippen molar-refractivity contribution in [3.05, 3.63) is 52.2 Å². The highest BCUT2D eigenvalue weighted by Crippen LogP contribution is 2.11. The van der Waals surface area contributed by atoms with Gasteiger partial charge in [-0.1, -0.05) is 0 Å². The number of esters is 1. The third kappa shape index (κ3) is 3.02. The summed E-state index contributed by atoms with van der Waals surface area (Å²) in [5.41, 5.74) is 6.41. The molecule has 0 bridgehead atoms. The average molecular weight is 289 g/mol. The fourth-order valence-electron chi connectivity index (χ4n) is 1.81. The Kier molecular flexibility index (Phi) is 3.93. The summed E-state index contributed by atoms with van der Waals surface area (Å²) < 4.78 is 6.36. The molecule has 7 heteroatoms. The summed E-state index contributed by atoms with van der Waals surface area (Å²) in [4.78, 5) is 36.9. The molecule has 3 N–H and O–H groups in total. The molecule has 0 aliphatic carbocycles. The molecule has 1 atom stereocenters. The number of rotatable bonds is 4. The number of hydrogen-bond acceptors (Lipinski definition) is 4. The number of H-pyrrole nitrogens is 1. The van der Waals surface area contributed by atoms with Crippen LogP contribution >= 0.6 is 0 Å². The molecule has 2 rings (SSSR count). The van der Waals surface area contributed by atoms with E-state index in [9.17, 15) is 14.4 Å². The SMILES string of the molecule is Cc1c[nH]c(=O)n1-c1ccc(C(=O)OC(C)C(N)=O)cc1. The Hall–Kier alpha value is -2.83. The van der Waals surface area contributed by atoms with Crippen molar-refractivity contribution >= 4 is 11.9 Å². The number of nitrogens with zero attached hydrogens (tertiary/aromatic N) is 1. The van der Waals surface area contributed by atoms with E-state index in [1.165, 1.54) is 23.6 Å². The lowest BCUT2D eigenvalue weighted by molar-refractivity contribution is -0.125. The van der Waals surface area contributed by atoms with Crippen molar-refractivity contribution in [2.75, 3.05) is 0 Å². The fourth-order valence-corrected chi connectivity index (χ4v) is 1.81. The maximum absolute atomic E-state index is 11.8. The lowest BCUT2D eigenvalue weighted by Crippen LogP contribution is -2.30. The molecule has 1 aromatic carbocycles. The van der Waals surface area contributed by atoms with Crippen LogP contribution in [0.1, 0.15) is 23.0 Å². The van der Waals surface area contributed by atoms with Crippen molar-refractivity contribution in [2.24, 2.45) is 5.73 Å². The van der Waals surface area contributed by atoms with E-state index in [2.05, 4.69) is 4.98 Å². The Balaban J connectivity index is 2.22. The van der Waals surface area contributed by atoms with E-state index < -0.39 is 18.0 Å². The average Bonchev–Trinajstić information content (AvgIpc) is 2.78. The van der Waals surface area contributed by atoms with Gasteiger partial charge in [0.25, 0.3) is 5.91 Å². The second-order valence-corrected chi connectivity index (χ2v) is 4.57. The minimum atomic E-state index is -0.994. The molecule has 7 nitrogen and oxygen atoms in total. The molecule has 110 valence electrons. The largest absolute Gasteiger partial charge is 0.449 e. The summed E-state index contributed by atoms with van der Waals surface area (Å²) in [7, 11) is 0. The number of aromatic amines is 1. The molecule has 1 amide bonds. The van der Waals surface area contributed by atoms with Crippen LogP contribution in [0.2, 0.25) is 0 Å². The fraction of sp³-hybridized carbons (Fsp3) is 0.214. The number of nitrogens with one attached hydrogen (secondary N) is 1. The zero-order valence-electron chi connectivity index (χ0n) is 11.6. The van der Waals surface area contributed by atoms with Crippen LogP contribution in [0.3, 0.4) is 0 Å². The highest BCUT2D eigenvalue weighted by molar-refractivity contribution is 5.92. The standard InChI is InChI=1S/C14H15N3O4/c1-8-7-16-14(20)17(8)11-5-3-10(4-6-11)13(19)21-9(2)12(15)18/h3-7,9H,1-2H3,(H2,15,18)(H,16,20). The van der Waals surface area contributed by atoms with E-state index in [1.54, 1.807) is 25.3 Å². The molecule has 0 radical (unpaired) electrons. The second kappa shape index (κ2) is 5.66. The zero-order valence-corrected chi connectivity index (χ0v) is 11.6. The van der Waals surface area contributed by atoms with Gasteiger partial charge >= 0.3 is 11.7 Å². The summed E-state index contributed by atoms with van der Waals surface area (Å²) in [6.45, 7) is 3.19. The van der Waals surface area contributed by atoms with Gasteiger partial charge in [0.05, 0.1) is 11.3 Å². The first kappa shape index (κ1) is 14.6. The Morgan fingerprint density at radius 2 is 1.90 bits per heavy atom. The van der Waals surface area contributed by atoms with E-state index in [1.807, 2.05) is 0 Å².